The van der Waals surface area contributed by atoms with E-state index < -0.39 is 0 Å². The van der Waals surface area contributed by atoms with Gasteiger partial charge in [-0.05, 0) is 36.3 Å². The first kappa shape index (κ1) is 25.1. The van der Waals surface area contributed by atoms with Crippen LogP contribution in [0.4, 0.5) is 0 Å². The number of aromatic nitrogens is 2. The topological polar surface area (TPSA) is 96.8 Å². The van der Waals surface area contributed by atoms with Crippen LogP contribution in [-0.4, -0.2) is 69.9 Å². The summed E-state index contributed by atoms with van der Waals surface area (Å²) in [6.45, 7) is 5.22. The molecule has 0 atom stereocenters. The third-order valence-electron chi connectivity index (χ3n) is 6.80. The quantitative estimate of drug-likeness (QED) is 0.483. The van der Waals surface area contributed by atoms with Crippen LogP contribution in [0, 0.1) is 0 Å². The third-order valence-corrected chi connectivity index (χ3v) is 7.60. The van der Waals surface area contributed by atoms with Gasteiger partial charge in [0, 0.05) is 49.5 Å². The Morgan fingerprint density at radius 1 is 1.22 bits per heavy atom. The highest BCUT2D eigenvalue weighted by atomic mass is 35.5. The van der Waals surface area contributed by atoms with E-state index >= 15 is 0 Å². The second-order valence-electron chi connectivity index (χ2n) is 9.07. The number of ether oxygens (including phenoxy) is 1. The van der Waals surface area contributed by atoms with Gasteiger partial charge in [-0.1, -0.05) is 29.8 Å². The molecule has 2 aromatic heterocycles. The monoisotopic (exact) mass is 541 g/mol. The predicted molar refractivity (Wildman–Crippen MR) is 140 cm³/mol. The van der Waals surface area contributed by atoms with Crippen LogP contribution >= 0.6 is 23.2 Å². The Labute approximate surface area is 223 Å². The third kappa shape index (κ3) is 4.65. The smallest absolute Gasteiger partial charge is 0.256 e. The lowest BCUT2D eigenvalue weighted by molar-refractivity contribution is -0.133. The van der Waals surface area contributed by atoms with Gasteiger partial charge in [-0.2, -0.15) is 0 Å². The van der Waals surface area contributed by atoms with Crippen molar-refractivity contribution in [1.82, 2.24) is 24.7 Å². The van der Waals surface area contributed by atoms with E-state index in [1.165, 1.54) is 6.08 Å². The maximum absolute atomic E-state index is 13.7. The average molecular weight is 542 g/mol. The number of pyridine rings is 1. The number of benzene rings is 1. The number of fused-ring (bicyclic) bond motifs is 2. The number of rotatable bonds is 6. The van der Waals surface area contributed by atoms with Gasteiger partial charge in [0.05, 0.1) is 34.3 Å². The lowest BCUT2D eigenvalue weighted by Crippen LogP contribution is -2.61. The number of likely N-dealkylation sites (tertiary alicyclic amines) is 1. The van der Waals surface area contributed by atoms with Crippen molar-refractivity contribution in [1.29, 1.82) is 0 Å². The van der Waals surface area contributed by atoms with Crippen LogP contribution in [0.5, 0.6) is 5.88 Å². The van der Waals surface area contributed by atoms with Gasteiger partial charge in [0.2, 0.25) is 17.7 Å². The van der Waals surface area contributed by atoms with Gasteiger partial charge >= 0.3 is 0 Å². The zero-order chi connectivity index (χ0) is 26.3. The summed E-state index contributed by atoms with van der Waals surface area (Å²) in [5.74, 6) is -0.0198. The molecule has 3 aromatic rings. The molecule has 1 saturated heterocycles. The molecule has 0 aliphatic carbocycles. The molecule has 3 amide bonds. The molecular formula is C26H25Cl2N5O4. The number of carbonyl (C=O) groups excluding carboxylic acids is 3. The molecule has 4 heterocycles. The van der Waals surface area contributed by atoms with E-state index in [0.717, 1.165) is 11.1 Å². The molecule has 0 radical (unpaired) electrons. The number of nitrogens with zero attached hydrogens (tertiary/aromatic N) is 4. The Morgan fingerprint density at radius 2 is 2.00 bits per heavy atom. The van der Waals surface area contributed by atoms with Crippen LogP contribution in [0.1, 0.15) is 21.5 Å². The fraction of sp³-hybridized carbons (Fsp3) is 0.308. The molecular weight excluding hydrogens is 517 g/mol. The molecule has 0 bridgehead atoms. The van der Waals surface area contributed by atoms with Crippen LogP contribution < -0.4 is 10.1 Å². The second-order valence-corrected chi connectivity index (χ2v) is 9.86. The van der Waals surface area contributed by atoms with Gasteiger partial charge in [-0.25, -0.2) is 4.98 Å². The van der Waals surface area contributed by atoms with E-state index in [-0.39, 0.29) is 35.3 Å². The van der Waals surface area contributed by atoms with Crippen LogP contribution in [0.2, 0.25) is 10.0 Å². The summed E-state index contributed by atoms with van der Waals surface area (Å²) in [5, 5.41) is 4.03. The lowest BCUT2D eigenvalue weighted by Gasteiger charge is -2.38. The molecule has 11 heteroatoms. The minimum absolute atomic E-state index is 0.0145. The summed E-state index contributed by atoms with van der Waals surface area (Å²) >= 11 is 12.9. The average Bonchev–Trinajstić information content (AvgIpc) is 3.24. The van der Waals surface area contributed by atoms with Crippen molar-refractivity contribution in [3.63, 3.8) is 0 Å². The maximum Gasteiger partial charge on any atom is 0.256 e. The molecule has 1 N–H and O–H groups in total. The summed E-state index contributed by atoms with van der Waals surface area (Å²) in [5.41, 5.74) is 2.99. The van der Waals surface area contributed by atoms with E-state index in [1.807, 2.05) is 6.07 Å². The summed E-state index contributed by atoms with van der Waals surface area (Å²) in [7, 11) is 1.58. The van der Waals surface area contributed by atoms with Gasteiger partial charge in [-0.3, -0.25) is 14.4 Å². The molecule has 192 valence electrons. The molecule has 0 unspecified atom stereocenters. The summed E-state index contributed by atoms with van der Waals surface area (Å²) < 4.78 is 7.08. The molecule has 2 aliphatic rings. The van der Waals surface area contributed by atoms with Crippen molar-refractivity contribution >= 4 is 51.8 Å². The minimum Gasteiger partial charge on any atom is -0.481 e. The van der Waals surface area contributed by atoms with Crippen LogP contribution in [-0.2, 0) is 29.1 Å². The Balaban J connectivity index is 1.38. The molecule has 9 nitrogen and oxygen atoms in total. The first-order valence-electron chi connectivity index (χ1n) is 11.8. The second kappa shape index (κ2) is 10.1. The molecule has 1 aromatic carbocycles. The predicted octanol–water partition coefficient (Wildman–Crippen LogP) is 3.06. The number of carbonyl (C=O) groups is 3. The molecule has 5 rings (SSSR count). The van der Waals surface area contributed by atoms with Crippen molar-refractivity contribution in [3.05, 3.63) is 70.0 Å². The molecule has 0 saturated carbocycles. The van der Waals surface area contributed by atoms with E-state index in [0.29, 0.717) is 60.0 Å². The Bertz CT molecular complexity index is 1430. The largest absolute Gasteiger partial charge is 0.481 e. The van der Waals surface area contributed by atoms with Crippen LogP contribution in [0.25, 0.3) is 10.9 Å². The SMILES string of the molecule is C=CC(=O)N1CC(NC(=O)Cn2cc(C(=O)N3CCc4c(ccnc4OC)C3)c3c(Cl)c(Cl)ccc32)C1. The standard InChI is InChI=1S/C26H25Cl2N5O4/c1-3-22(35)33-11-16(12-33)30-21(34)14-32-13-18(23-20(32)5-4-19(27)24(23)28)26(36)31-9-7-17-15(10-31)6-8-29-25(17)37-2/h3-6,8,13,16H,1,7,9-12,14H2,2H3,(H,30,34). The number of hydrogen-bond acceptors (Lipinski definition) is 5. The van der Waals surface area contributed by atoms with Crippen LogP contribution in [0.3, 0.4) is 0 Å². The van der Waals surface area contributed by atoms with Crippen molar-refractivity contribution in [2.75, 3.05) is 26.7 Å². The minimum atomic E-state index is -0.232. The van der Waals surface area contributed by atoms with Gasteiger partial charge in [0.1, 0.15) is 6.54 Å². The summed E-state index contributed by atoms with van der Waals surface area (Å²) in [6, 6.07) is 5.16. The van der Waals surface area contributed by atoms with E-state index in [2.05, 4.69) is 16.9 Å². The zero-order valence-corrected chi connectivity index (χ0v) is 21.7. The van der Waals surface area contributed by atoms with Gasteiger partial charge in [0.15, 0.2) is 0 Å². The van der Waals surface area contributed by atoms with Crippen molar-refractivity contribution in [3.8, 4) is 5.88 Å². The number of amides is 3. The molecule has 2 aliphatic heterocycles. The highest BCUT2D eigenvalue weighted by Crippen LogP contribution is 2.36. The van der Waals surface area contributed by atoms with Gasteiger partial charge in [-0.15, -0.1) is 0 Å². The number of hydrogen-bond donors (Lipinski definition) is 1. The number of halogens is 2. The summed E-state index contributed by atoms with van der Waals surface area (Å²) in [4.78, 5) is 45.8. The Morgan fingerprint density at radius 3 is 2.73 bits per heavy atom. The normalized spacial score (nSPS) is 15.2. The lowest BCUT2D eigenvalue weighted by atomic mass is 10.0. The van der Waals surface area contributed by atoms with Crippen LogP contribution in [0.15, 0.2) is 43.2 Å². The molecule has 37 heavy (non-hydrogen) atoms. The molecule has 0 spiro atoms. The number of nitrogens with one attached hydrogen (secondary N) is 1. The maximum atomic E-state index is 13.7. The van der Waals surface area contributed by atoms with Gasteiger partial charge < -0.3 is 24.4 Å². The fourth-order valence-corrected chi connectivity index (χ4v) is 5.32. The van der Waals surface area contributed by atoms with E-state index in [4.69, 9.17) is 27.9 Å². The summed E-state index contributed by atoms with van der Waals surface area (Å²) in [6.07, 6.45) is 5.19. The molecule has 1 fully saturated rings. The van der Waals surface area contributed by atoms with Crippen molar-refractivity contribution in [2.45, 2.75) is 25.6 Å². The van der Waals surface area contributed by atoms with E-state index in [1.54, 1.807) is 46.0 Å². The first-order chi connectivity index (χ1) is 17.8. The highest BCUT2D eigenvalue weighted by Gasteiger charge is 2.31. The zero-order valence-electron chi connectivity index (χ0n) is 20.2. The highest BCUT2D eigenvalue weighted by molar-refractivity contribution is 6.46. The van der Waals surface area contributed by atoms with E-state index in [9.17, 15) is 14.4 Å². The number of methoxy groups -OCH3 is 1. The van der Waals surface area contributed by atoms with Gasteiger partial charge in [0.25, 0.3) is 5.91 Å². The van der Waals surface area contributed by atoms with Crippen molar-refractivity contribution < 1.29 is 19.1 Å². The first-order valence-corrected chi connectivity index (χ1v) is 12.5. The Kier molecular flexibility index (Phi) is 6.83. The Hall–Kier alpha value is -3.56. The van der Waals surface area contributed by atoms with Crippen molar-refractivity contribution in [2.24, 2.45) is 0 Å². The fourth-order valence-electron chi connectivity index (χ4n) is 4.90.